The van der Waals surface area contributed by atoms with E-state index in [1.807, 2.05) is 13.1 Å². The van der Waals surface area contributed by atoms with Gasteiger partial charge in [-0.1, -0.05) is 11.9 Å². The summed E-state index contributed by atoms with van der Waals surface area (Å²) in [6.07, 6.45) is 2.84. The number of hydrogen-bond donors (Lipinski definition) is 1. The number of allylic oxidation sites excluding steroid dienone is 1. The van der Waals surface area contributed by atoms with Crippen molar-refractivity contribution in [3.8, 4) is 0 Å². The Hall–Kier alpha value is -0.790. The molecule has 0 saturated heterocycles. The lowest BCUT2D eigenvalue weighted by molar-refractivity contribution is 1.09. The highest BCUT2D eigenvalue weighted by Gasteiger charge is 2.12. The first-order valence-electron chi connectivity index (χ1n) is 2.83. The van der Waals surface area contributed by atoms with E-state index in [0.29, 0.717) is 0 Å². The summed E-state index contributed by atoms with van der Waals surface area (Å²) >= 11 is 0. The monoisotopic (exact) mass is 110 g/mol. The van der Waals surface area contributed by atoms with Gasteiger partial charge in [0.25, 0.3) is 5.84 Å². The SMILES string of the molecule is CCC1=[N+]C=C(C)N1. The van der Waals surface area contributed by atoms with Gasteiger partial charge in [-0.2, -0.15) is 0 Å². The molecule has 0 saturated carbocycles. The van der Waals surface area contributed by atoms with Crippen LogP contribution in [0.2, 0.25) is 0 Å². The molecule has 1 aliphatic heterocycles. The molecule has 2 heteroatoms. The first-order valence-corrected chi connectivity index (χ1v) is 2.83. The second kappa shape index (κ2) is 1.99. The summed E-state index contributed by atoms with van der Waals surface area (Å²) in [6, 6.07) is 0. The lowest BCUT2D eigenvalue weighted by atomic mass is 10.4. The van der Waals surface area contributed by atoms with Crippen molar-refractivity contribution in [2.24, 2.45) is 0 Å². The van der Waals surface area contributed by atoms with Crippen molar-refractivity contribution >= 4 is 5.84 Å². The molecule has 1 radical (unpaired) electrons. The second-order valence-electron chi connectivity index (χ2n) is 1.87. The summed E-state index contributed by atoms with van der Waals surface area (Å²) in [5.74, 6) is 1.07. The Bertz CT molecular complexity index is 145. The van der Waals surface area contributed by atoms with Crippen molar-refractivity contribution in [1.29, 1.82) is 0 Å². The lowest BCUT2D eigenvalue weighted by Gasteiger charge is -1.85. The molecular weight excluding hydrogens is 100 g/mol. The normalized spacial score (nSPS) is 17.2. The van der Waals surface area contributed by atoms with E-state index in [-0.39, 0.29) is 0 Å². The molecule has 0 aromatic carbocycles. The molecule has 1 N–H and O–H groups in total. The summed E-state index contributed by atoms with van der Waals surface area (Å²) < 4.78 is 0. The zero-order valence-corrected chi connectivity index (χ0v) is 5.23. The van der Waals surface area contributed by atoms with Crippen LogP contribution in [0.3, 0.4) is 0 Å². The van der Waals surface area contributed by atoms with Gasteiger partial charge in [0.2, 0.25) is 0 Å². The van der Waals surface area contributed by atoms with Crippen molar-refractivity contribution < 1.29 is 0 Å². The average Bonchev–Trinajstić information content (AvgIpc) is 2.14. The van der Waals surface area contributed by atoms with Gasteiger partial charge in [0.15, 0.2) is 6.20 Å². The maximum Gasteiger partial charge on any atom is 0.296 e. The molecular formula is C6H10N2+. The summed E-state index contributed by atoms with van der Waals surface area (Å²) in [5, 5.41) is 3.11. The number of aliphatic imine (C=N–C) groups is 1. The van der Waals surface area contributed by atoms with Crippen molar-refractivity contribution in [2.75, 3.05) is 0 Å². The molecule has 0 atom stereocenters. The molecule has 0 aromatic heterocycles. The van der Waals surface area contributed by atoms with E-state index in [1.54, 1.807) is 0 Å². The Labute approximate surface area is 49.3 Å². The Balaban J connectivity index is 2.49. The highest BCUT2D eigenvalue weighted by Crippen LogP contribution is 1.91. The van der Waals surface area contributed by atoms with Crippen molar-refractivity contribution in [2.45, 2.75) is 20.3 Å². The molecule has 0 bridgehead atoms. The van der Waals surface area contributed by atoms with Crippen LogP contribution in [0.1, 0.15) is 20.3 Å². The van der Waals surface area contributed by atoms with Crippen LogP contribution in [0.5, 0.6) is 0 Å². The third-order valence-corrected chi connectivity index (χ3v) is 1.09. The number of hydrogen-bond acceptors (Lipinski definition) is 2. The Morgan fingerprint density at radius 1 is 1.75 bits per heavy atom. The maximum absolute atomic E-state index is 4.08. The fraction of sp³-hybridized carbons (Fsp3) is 0.500. The number of nitrogens with one attached hydrogen (secondary N) is 1. The zero-order chi connectivity index (χ0) is 5.98. The summed E-state index contributed by atoms with van der Waals surface area (Å²) in [6.45, 7) is 4.09. The Morgan fingerprint density at radius 2 is 2.50 bits per heavy atom. The van der Waals surface area contributed by atoms with Gasteiger partial charge in [-0.15, -0.1) is 0 Å². The van der Waals surface area contributed by atoms with E-state index in [2.05, 4.69) is 17.2 Å². The molecule has 43 valence electrons. The highest BCUT2D eigenvalue weighted by atomic mass is 15.0. The van der Waals surface area contributed by atoms with Gasteiger partial charge in [-0.25, -0.2) is 5.32 Å². The molecule has 0 amide bonds. The number of nitrogens with zero attached hydrogens (tertiary/aromatic N) is 1. The van der Waals surface area contributed by atoms with Crippen molar-refractivity contribution in [1.82, 2.24) is 10.3 Å². The first-order chi connectivity index (χ1) is 3.83. The minimum Gasteiger partial charge on any atom is -0.242 e. The second-order valence-corrected chi connectivity index (χ2v) is 1.87. The van der Waals surface area contributed by atoms with E-state index in [9.17, 15) is 0 Å². The third-order valence-electron chi connectivity index (χ3n) is 1.09. The lowest BCUT2D eigenvalue weighted by Crippen LogP contribution is -2.17. The van der Waals surface area contributed by atoms with Gasteiger partial charge in [0.05, 0.1) is 6.42 Å². The molecule has 0 aliphatic carbocycles. The fourth-order valence-electron chi connectivity index (χ4n) is 0.647. The standard InChI is InChI=1S/C6H10N2/c1-3-6-7-4-5(2)8-6/h4,8H,3H2,1-2H3/q+1. The van der Waals surface area contributed by atoms with Crippen molar-refractivity contribution in [3.63, 3.8) is 0 Å². The van der Waals surface area contributed by atoms with E-state index in [0.717, 1.165) is 18.0 Å². The highest BCUT2D eigenvalue weighted by molar-refractivity contribution is 5.84. The van der Waals surface area contributed by atoms with Crippen LogP contribution in [0, 0.1) is 0 Å². The molecule has 1 aliphatic rings. The van der Waals surface area contributed by atoms with Crippen LogP contribution < -0.4 is 10.3 Å². The fourth-order valence-corrected chi connectivity index (χ4v) is 0.647. The summed E-state index contributed by atoms with van der Waals surface area (Å²) in [7, 11) is 0. The third kappa shape index (κ3) is 0.886. The van der Waals surface area contributed by atoms with E-state index in [4.69, 9.17) is 0 Å². The quantitative estimate of drug-likeness (QED) is 0.525. The van der Waals surface area contributed by atoms with Crippen LogP contribution in [-0.2, 0) is 0 Å². The van der Waals surface area contributed by atoms with Gasteiger partial charge in [-0.05, 0) is 0 Å². The predicted molar refractivity (Wildman–Crippen MR) is 34.3 cm³/mol. The molecule has 2 nitrogen and oxygen atoms in total. The molecule has 1 rings (SSSR count). The minimum atomic E-state index is 0.994. The summed E-state index contributed by atoms with van der Waals surface area (Å²) in [5.41, 5.74) is 1.14. The average molecular weight is 110 g/mol. The van der Waals surface area contributed by atoms with E-state index < -0.39 is 0 Å². The topological polar surface area (TPSA) is 26.1 Å². The van der Waals surface area contributed by atoms with Gasteiger partial charge in [-0.3, -0.25) is 0 Å². The number of rotatable bonds is 1. The zero-order valence-electron chi connectivity index (χ0n) is 5.23. The van der Waals surface area contributed by atoms with E-state index >= 15 is 0 Å². The van der Waals surface area contributed by atoms with Crippen LogP contribution in [0.4, 0.5) is 0 Å². The predicted octanol–water partition coefficient (Wildman–Crippen LogP) is 0.595. The van der Waals surface area contributed by atoms with Gasteiger partial charge >= 0.3 is 0 Å². The van der Waals surface area contributed by atoms with Gasteiger partial charge in [0, 0.05) is 6.92 Å². The maximum atomic E-state index is 4.08. The smallest absolute Gasteiger partial charge is 0.242 e. The van der Waals surface area contributed by atoms with Crippen LogP contribution in [0.15, 0.2) is 11.9 Å². The molecule has 1 heterocycles. The Kier molecular flexibility index (Phi) is 1.33. The van der Waals surface area contributed by atoms with Crippen LogP contribution >= 0.6 is 0 Å². The van der Waals surface area contributed by atoms with Crippen LogP contribution in [-0.4, -0.2) is 5.84 Å². The van der Waals surface area contributed by atoms with Crippen LogP contribution in [0.25, 0.3) is 0 Å². The molecule has 8 heavy (non-hydrogen) atoms. The Morgan fingerprint density at radius 3 is 2.75 bits per heavy atom. The molecule has 0 fully saturated rings. The first kappa shape index (κ1) is 5.35. The summed E-state index contributed by atoms with van der Waals surface area (Å²) in [4.78, 5) is 4.08. The molecule has 0 aromatic rings. The van der Waals surface area contributed by atoms with Gasteiger partial charge in [0.1, 0.15) is 5.70 Å². The van der Waals surface area contributed by atoms with Gasteiger partial charge < -0.3 is 0 Å². The van der Waals surface area contributed by atoms with E-state index in [1.165, 1.54) is 0 Å². The van der Waals surface area contributed by atoms with Crippen molar-refractivity contribution in [3.05, 3.63) is 11.9 Å². The molecule has 0 spiro atoms. The molecule has 0 unspecified atom stereocenters. The minimum absolute atomic E-state index is 0.994. The number of amidine groups is 1. The largest absolute Gasteiger partial charge is 0.296 e.